The molecule has 26 heavy (non-hydrogen) atoms. The summed E-state index contributed by atoms with van der Waals surface area (Å²) in [4.78, 5) is 38.7. The first-order valence-corrected chi connectivity index (χ1v) is 8.82. The third kappa shape index (κ3) is 3.63. The molecule has 0 spiro atoms. The normalized spacial score (nSPS) is 13.3. The highest BCUT2D eigenvalue weighted by atomic mass is 35.5. The Kier molecular flexibility index (Phi) is 5.09. The van der Waals surface area contributed by atoms with Gasteiger partial charge < -0.3 is 5.32 Å². The third-order valence-corrected chi connectivity index (χ3v) is 4.52. The third-order valence-electron chi connectivity index (χ3n) is 4.27. The lowest BCUT2D eigenvalue weighted by atomic mass is 10.1. The second-order valence-electron chi connectivity index (χ2n) is 6.67. The van der Waals surface area contributed by atoms with Crippen LogP contribution in [0.5, 0.6) is 0 Å². The van der Waals surface area contributed by atoms with Gasteiger partial charge in [0.05, 0.1) is 11.1 Å². The minimum absolute atomic E-state index is 0.280. The van der Waals surface area contributed by atoms with Crippen molar-refractivity contribution in [3.05, 3.63) is 64.2 Å². The number of benzene rings is 2. The van der Waals surface area contributed by atoms with E-state index < -0.39 is 0 Å². The van der Waals surface area contributed by atoms with E-state index in [2.05, 4.69) is 5.32 Å². The van der Waals surface area contributed by atoms with Gasteiger partial charge in [0.1, 0.15) is 0 Å². The number of halogens is 1. The Balaban J connectivity index is 1.79. The van der Waals surface area contributed by atoms with Gasteiger partial charge in [-0.2, -0.15) is 0 Å². The van der Waals surface area contributed by atoms with E-state index in [-0.39, 0.29) is 23.3 Å². The van der Waals surface area contributed by atoms with E-state index >= 15 is 0 Å². The number of carbonyl (C=O) groups excluding carboxylic acids is 3. The van der Waals surface area contributed by atoms with Gasteiger partial charge in [0.15, 0.2) is 0 Å². The van der Waals surface area contributed by atoms with Crippen molar-refractivity contribution in [2.45, 2.75) is 20.3 Å². The molecule has 5 nitrogen and oxygen atoms in total. The number of anilines is 1. The highest BCUT2D eigenvalue weighted by molar-refractivity contribution is 6.30. The molecule has 2 aromatic carbocycles. The lowest BCUT2D eigenvalue weighted by Gasteiger charge is -2.14. The van der Waals surface area contributed by atoms with E-state index in [0.29, 0.717) is 34.3 Å². The number of nitrogens with zero attached hydrogens (tertiary/aromatic N) is 1. The first-order chi connectivity index (χ1) is 12.4. The maximum Gasteiger partial charge on any atom is 0.261 e. The van der Waals surface area contributed by atoms with Crippen LogP contribution in [-0.2, 0) is 0 Å². The molecule has 0 saturated heterocycles. The molecular weight excluding hydrogens is 352 g/mol. The quantitative estimate of drug-likeness (QED) is 0.801. The molecule has 3 rings (SSSR count). The van der Waals surface area contributed by atoms with Crippen molar-refractivity contribution < 1.29 is 14.4 Å². The van der Waals surface area contributed by atoms with Crippen LogP contribution in [0, 0.1) is 5.92 Å². The fourth-order valence-corrected chi connectivity index (χ4v) is 2.88. The van der Waals surface area contributed by atoms with Crippen LogP contribution in [0.3, 0.4) is 0 Å². The summed E-state index contributed by atoms with van der Waals surface area (Å²) in [6.45, 7) is 4.46. The average molecular weight is 371 g/mol. The molecule has 3 amide bonds. The topological polar surface area (TPSA) is 66.5 Å². The predicted molar refractivity (Wildman–Crippen MR) is 101 cm³/mol. The maximum absolute atomic E-state index is 12.5. The van der Waals surface area contributed by atoms with Gasteiger partial charge in [-0.1, -0.05) is 25.4 Å². The van der Waals surface area contributed by atoms with Gasteiger partial charge in [0.25, 0.3) is 17.7 Å². The Morgan fingerprint density at radius 1 is 1.04 bits per heavy atom. The molecule has 0 saturated carbocycles. The molecule has 1 N–H and O–H groups in total. The van der Waals surface area contributed by atoms with Gasteiger partial charge in [-0.15, -0.1) is 0 Å². The Bertz CT molecular complexity index is 875. The van der Waals surface area contributed by atoms with Crippen molar-refractivity contribution in [1.29, 1.82) is 0 Å². The SMILES string of the molecule is CC(C)CCN1C(=O)c2ccc(C(=O)Nc3ccc(Cl)cc3)cc2C1=O. The monoisotopic (exact) mass is 370 g/mol. The number of nitrogens with one attached hydrogen (secondary N) is 1. The summed E-state index contributed by atoms with van der Waals surface area (Å²) >= 11 is 5.83. The lowest BCUT2D eigenvalue weighted by Crippen LogP contribution is -2.31. The first kappa shape index (κ1) is 18.1. The fraction of sp³-hybridized carbons (Fsp3) is 0.250. The number of fused-ring (bicyclic) bond motifs is 1. The van der Waals surface area contributed by atoms with E-state index in [1.807, 2.05) is 13.8 Å². The zero-order valence-electron chi connectivity index (χ0n) is 14.6. The minimum Gasteiger partial charge on any atom is -0.322 e. The molecule has 134 valence electrons. The maximum atomic E-state index is 12.5. The molecule has 0 fully saturated rings. The smallest absolute Gasteiger partial charge is 0.261 e. The molecule has 0 aliphatic carbocycles. The zero-order valence-corrected chi connectivity index (χ0v) is 15.3. The summed E-state index contributed by atoms with van der Waals surface area (Å²) in [5.41, 5.74) is 1.55. The van der Waals surface area contributed by atoms with Gasteiger partial charge >= 0.3 is 0 Å². The second-order valence-corrected chi connectivity index (χ2v) is 7.10. The molecule has 1 heterocycles. The van der Waals surface area contributed by atoms with Crippen LogP contribution in [0.4, 0.5) is 5.69 Å². The molecule has 1 aliphatic heterocycles. The Hall–Kier alpha value is -2.66. The molecule has 1 aliphatic rings. The number of amides is 3. The summed E-state index contributed by atoms with van der Waals surface area (Å²) in [7, 11) is 0. The molecule has 0 bridgehead atoms. The van der Waals surface area contributed by atoms with Crippen LogP contribution < -0.4 is 5.32 Å². The zero-order chi connectivity index (χ0) is 18.8. The molecule has 2 aromatic rings. The van der Waals surface area contributed by atoms with Crippen molar-refractivity contribution in [3.8, 4) is 0 Å². The van der Waals surface area contributed by atoms with Gasteiger partial charge in [-0.25, -0.2) is 0 Å². The number of hydrogen-bond donors (Lipinski definition) is 1. The van der Waals surface area contributed by atoms with Crippen molar-refractivity contribution in [2.24, 2.45) is 5.92 Å². The summed E-state index contributed by atoms with van der Waals surface area (Å²) < 4.78 is 0. The largest absolute Gasteiger partial charge is 0.322 e. The molecule has 0 radical (unpaired) electrons. The van der Waals surface area contributed by atoms with E-state index in [0.717, 1.165) is 6.42 Å². The van der Waals surface area contributed by atoms with E-state index in [9.17, 15) is 14.4 Å². The summed E-state index contributed by atoms with van der Waals surface area (Å²) in [6.07, 6.45) is 0.745. The molecule has 0 atom stereocenters. The van der Waals surface area contributed by atoms with Crippen LogP contribution in [0.1, 0.15) is 51.3 Å². The Morgan fingerprint density at radius 2 is 1.69 bits per heavy atom. The number of hydrogen-bond acceptors (Lipinski definition) is 3. The molecule has 0 aromatic heterocycles. The number of imide groups is 1. The van der Waals surface area contributed by atoms with Gasteiger partial charge in [0, 0.05) is 22.8 Å². The van der Waals surface area contributed by atoms with Gasteiger partial charge in [0.2, 0.25) is 0 Å². The standard InChI is InChI=1S/C20H19ClN2O3/c1-12(2)9-10-23-19(25)16-8-3-13(11-17(16)20(23)26)18(24)22-15-6-4-14(21)5-7-15/h3-8,11-12H,9-10H2,1-2H3,(H,22,24). The fourth-order valence-electron chi connectivity index (χ4n) is 2.76. The van der Waals surface area contributed by atoms with Gasteiger partial charge in [-0.3, -0.25) is 19.3 Å². The Labute approximate surface area is 156 Å². The number of rotatable bonds is 5. The summed E-state index contributed by atoms with van der Waals surface area (Å²) in [5.74, 6) is -0.599. The molecular formula is C20H19ClN2O3. The van der Waals surface area contributed by atoms with Crippen LogP contribution in [0.25, 0.3) is 0 Å². The average Bonchev–Trinajstić information content (AvgIpc) is 2.85. The van der Waals surface area contributed by atoms with Crippen LogP contribution >= 0.6 is 11.6 Å². The van der Waals surface area contributed by atoms with Crippen LogP contribution in [0.2, 0.25) is 5.02 Å². The summed E-state index contributed by atoms with van der Waals surface area (Å²) in [5, 5.41) is 3.32. The highest BCUT2D eigenvalue weighted by Gasteiger charge is 2.35. The van der Waals surface area contributed by atoms with E-state index in [1.54, 1.807) is 36.4 Å². The predicted octanol–water partition coefficient (Wildman–Crippen LogP) is 4.23. The van der Waals surface area contributed by atoms with Gasteiger partial charge in [-0.05, 0) is 54.8 Å². The van der Waals surface area contributed by atoms with Crippen molar-refractivity contribution in [3.63, 3.8) is 0 Å². The molecule has 0 unspecified atom stereocenters. The van der Waals surface area contributed by atoms with Crippen molar-refractivity contribution in [1.82, 2.24) is 4.90 Å². The van der Waals surface area contributed by atoms with Crippen LogP contribution in [0.15, 0.2) is 42.5 Å². The van der Waals surface area contributed by atoms with E-state index in [1.165, 1.54) is 11.0 Å². The Morgan fingerprint density at radius 3 is 2.35 bits per heavy atom. The first-order valence-electron chi connectivity index (χ1n) is 8.44. The minimum atomic E-state index is -0.351. The van der Waals surface area contributed by atoms with Crippen LogP contribution in [-0.4, -0.2) is 29.2 Å². The highest BCUT2D eigenvalue weighted by Crippen LogP contribution is 2.25. The lowest BCUT2D eigenvalue weighted by molar-refractivity contribution is 0.0647. The van der Waals surface area contributed by atoms with Crippen molar-refractivity contribution >= 4 is 35.0 Å². The summed E-state index contributed by atoms with van der Waals surface area (Å²) in [6, 6.07) is 11.3. The van der Waals surface area contributed by atoms with Crippen molar-refractivity contribution in [2.75, 3.05) is 11.9 Å². The second kappa shape index (κ2) is 7.30. The van der Waals surface area contributed by atoms with E-state index in [4.69, 9.17) is 11.6 Å². The molecule has 6 heteroatoms. The number of carbonyl (C=O) groups is 3.